The molecule has 2 aliphatic heterocycles. The number of anilines is 2. The Labute approximate surface area is 251 Å². The minimum atomic E-state index is -4.93. The van der Waals surface area contributed by atoms with Gasteiger partial charge in [-0.05, 0) is 45.7 Å². The summed E-state index contributed by atoms with van der Waals surface area (Å²) in [4.78, 5) is 28.1. The van der Waals surface area contributed by atoms with Gasteiger partial charge in [-0.2, -0.15) is 36.3 Å². The van der Waals surface area contributed by atoms with Gasteiger partial charge in [0.15, 0.2) is 12.4 Å². The van der Waals surface area contributed by atoms with Crippen LogP contribution in [0.2, 0.25) is 5.02 Å². The van der Waals surface area contributed by atoms with E-state index in [-0.39, 0.29) is 42.1 Å². The second kappa shape index (κ2) is 11.0. The molecule has 17 heteroatoms. The van der Waals surface area contributed by atoms with Gasteiger partial charge in [0.2, 0.25) is 0 Å². The lowest BCUT2D eigenvalue weighted by Crippen LogP contribution is -2.57. The van der Waals surface area contributed by atoms with Gasteiger partial charge in [0.05, 0.1) is 28.1 Å². The van der Waals surface area contributed by atoms with Crippen LogP contribution in [0.15, 0.2) is 18.3 Å². The molecule has 238 valence electrons. The standard InChI is InChI=1S/C27H26ClF7N6O3/c1-25(2,3)44-24(42)41-13-4-5-14(41)10-40(9-13)22-16-8-37-20(15-6-12(36)7-17(18(15)28)27(33,34)35)19(29)21(16)38-23(39-22)43-11-26(30,31)32/h6-8,13-14H,4-5,9-11,36H2,1-3H3. The molecule has 2 unspecified atom stereocenters. The van der Waals surface area contributed by atoms with Crippen molar-refractivity contribution in [3.8, 4) is 17.3 Å². The summed E-state index contributed by atoms with van der Waals surface area (Å²) in [5.41, 5.74) is 1.47. The summed E-state index contributed by atoms with van der Waals surface area (Å²) in [6, 6.07) is 0.0528. The number of piperazine rings is 1. The third-order valence-corrected chi connectivity index (χ3v) is 7.46. The number of carbonyl (C=O) groups excluding carboxylic acids is 1. The SMILES string of the molecule is CC(C)(C)OC(=O)N1C2CCC1CN(c1nc(OCC(F)(F)F)nc3c(F)c(-c4cc(N)cc(C(F)(F)F)c4Cl)ncc13)C2. The van der Waals surface area contributed by atoms with Crippen molar-refractivity contribution in [2.24, 2.45) is 0 Å². The van der Waals surface area contributed by atoms with E-state index in [2.05, 4.69) is 15.0 Å². The first-order chi connectivity index (χ1) is 20.3. The summed E-state index contributed by atoms with van der Waals surface area (Å²) in [6.45, 7) is 3.74. The number of fused-ring (bicyclic) bond motifs is 3. The first-order valence-electron chi connectivity index (χ1n) is 13.3. The normalized spacial score (nSPS) is 19.1. The molecular weight excluding hydrogens is 625 g/mol. The maximum atomic E-state index is 16.1. The van der Waals surface area contributed by atoms with Crippen LogP contribution in [0.25, 0.3) is 22.2 Å². The number of pyridine rings is 1. The summed E-state index contributed by atoms with van der Waals surface area (Å²) in [6.07, 6.45) is -7.92. The largest absolute Gasteiger partial charge is 0.454 e. The first-order valence-corrected chi connectivity index (χ1v) is 13.7. The predicted octanol–water partition coefficient (Wildman–Crippen LogP) is 6.61. The molecule has 2 aliphatic rings. The Morgan fingerprint density at radius 3 is 2.27 bits per heavy atom. The van der Waals surface area contributed by atoms with Crippen molar-refractivity contribution < 1.29 is 45.0 Å². The highest BCUT2D eigenvalue weighted by molar-refractivity contribution is 6.34. The molecule has 2 N–H and O–H groups in total. The molecule has 44 heavy (non-hydrogen) atoms. The van der Waals surface area contributed by atoms with Crippen LogP contribution in [-0.2, 0) is 10.9 Å². The predicted molar refractivity (Wildman–Crippen MR) is 146 cm³/mol. The van der Waals surface area contributed by atoms with E-state index in [0.717, 1.165) is 12.3 Å². The Kier molecular flexibility index (Phi) is 7.87. The van der Waals surface area contributed by atoms with E-state index >= 15 is 4.39 Å². The first kappa shape index (κ1) is 31.6. The number of ether oxygens (including phenoxy) is 2. The number of aromatic nitrogens is 3. The lowest BCUT2D eigenvalue weighted by molar-refractivity contribution is -0.154. The quantitative estimate of drug-likeness (QED) is 0.248. The molecule has 1 aromatic carbocycles. The number of amides is 1. The second-order valence-corrected chi connectivity index (χ2v) is 11.9. The van der Waals surface area contributed by atoms with Gasteiger partial charge < -0.3 is 20.1 Å². The number of carbonyl (C=O) groups is 1. The molecule has 2 fully saturated rings. The Balaban J connectivity index is 1.60. The monoisotopic (exact) mass is 650 g/mol. The summed E-state index contributed by atoms with van der Waals surface area (Å²) in [7, 11) is 0. The highest BCUT2D eigenvalue weighted by Crippen LogP contribution is 2.43. The molecule has 0 radical (unpaired) electrons. The van der Waals surface area contributed by atoms with E-state index in [0.29, 0.717) is 18.9 Å². The molecule has 1 amide bonds. The average Bonchev–Trinajstić information content (AvgIpc) is 3.16. The van der Waals surface area contributed by atoms with Gasteiger partial charge in [-0.1, -0.05) is 11.6 Å². The molecule has 3 aromatic rings. The van der Waals surface area contributed by atoms with Crippen molar-refractivity contribution in [3.63, 3.8) is 0 Å². The lowest BCUT2D eigenvalue weighted by atomic mass is 10.0. The zero-order valence-corrected chi connectivity index (χ0v) is 24.2. The number of nitrogens with zero attached hydrogens (tertiary/aromatic N) is 5. The number of alkyl halides is 6. The van der Waals surface area contributed by atoms with Crippen LogP contribution in [0.4, 0.5) is 47.0 Å². The molecule has 0 spiro atoms. The highest BCUT2D eigenvalue weighted by Gasteiger charge is 2.45. The lowest BCUT2D eigenvalue weighted by Gasteiger charge is -2.42. The van der Waals surface area contributed by atoms with Crippen LogP contribution >= 0.6 is 11.6 Å². The van der Waals surface area contributed by atoms with Crippen molar-refractivity contribution in [1.82, 2.24) is 19.9 Å². The summed E-state index contributed by atoms with van der Waals surface area (Å²) in [5, 5.41) is -0.929. The van der Waals surface area contributed by atoms with Crippen LogP contribution in [0.3, 0.4) is 0 Å². The number of nitrogen functional groups attached to an aromatic ring is 1. The Hall–Kier alpha value is -3.82. The fraction of sp³-hybridized carbons (Fsp3) is 0.481. The fourth-order valence-electron chi connectivity index (χ4n) is 5.38. The number of nitrogens with two attached hydrogens (primary N) is 1. The van der Waals surface area contributed by atoms with E-state index in [9.17, 15) is 31.1 Å². The van der Waals surface area contributed by atoms with E-state index in [1.807, 2.05) is 0 Å². The second-order valence-electron chi connectivity index (χ2n) is 11.5. The Bertz CT molecular complexity index is 1600. The minimum Gasteiger partial charge on any atom is -0.454 e. The van der Waals surface area contributed by atoms with Crippen molar-refractivity contribution in [2.45, 2.75) is 63.7 Å². The number of halogens is 8. The molecular formula is C27H26ClF7N6O3. The van der Waals surface area contributed by atoms with Gasteiger partial charge in [-0.25, -0.2) is 9.18 Å². The Morgan fingerprint density at radius 2 is 1.70 bits per heavy atom. The van der Waals surface area contributed by atoms with Gasteiger partial charge in [-0.15, -0.1) is 0 Å². The van der Waals surface area contributed by atoms with Crippen molar-refractivity contribution in [3.05, 3.63) is 34.7 Å². The molecule has 4 heterocycles. The topological polar surface area (TPSA) is 107 Å². The maximum absolute atomic E-state index is 16.1. The third-order valence-electron chi connectivity index (χ3n) is 7.05. The molecule has 2 saturated heterocycles. The van der Waals surface area contributed by atoms with Crippen LogP contribution in [0, 0.1) is 5.82 Å². The van der Waals surface area contributed by atoms with Crippen molar-refractivity contribution in [1.29, 1.82) is 0 Å². The number of rotatable bonds is 4. The Morgan fingerprint density at radius 1 is 1.07 bits per heavy atom. The number of hydrogen-bond donors (Lipinski definition) is 1. The average molecular weight is 651 g/mol. The van der Waals surface area contributed by atoms with Crippen molar-refractivity contribution in [2.75, 3.05) is 30.3 Å². The molecule has 0 saturated carbocycles. The maximum Gasteiger partial charge on any atom is 0.422 e. The van der Waals surface area contributed by atoms with Gasteiger partial charge in [0.1, 0.15) is 22.6 Å². The van der Waals surface area contributed by atoms with Gasteiger partial charge in [0.25, 0.3) is 0 Å². The third kappa shape index (κ3) is 6.35. The zero-order chi connectivity index (χ0) is 32.4. The van der Waals surface area contributed by atoms with Gasteiger partial charge >= 0.3 is 24.5 Å². The van der Waals surface area contributed by atoms with Crippen molar-refractivity contribution >= 4 is 40.1 Å². The minimum absolute atomic E-state index is 0.0273. The van der Waals surface area contributed by atoms with E-state index in [1.165, 1.54) is 0 Å². The number of hydrogen-bond acceptors (Lipinski definition) is 8. The zero-order valence-electron chi connectivity index (χ0n) is 23.5. The van der Waals surface area contributed by atoms with Crippen LogP contribution in [0.5, 0.6) is 6.01 Å². The van der Waals surface area contributed by atoms with Gasteiger partial charge in [-0.3, -0.25) is 9.88 Å². The molecule has 0 aliphatic carbocycles. The highest BCUT2D eigenvalue weighted by atomic mass is 35.5. The summed E-state index contributed by atoms with van der Waals surface area (Å²) in [5.74, 6) is -1.31. The molecule has 2 aromatic heterocycles. The summed E-state index contributed by atoms with van der Waals surface area (Å²) < 4.78 is 106. The van der Waals surface area contributed by atoms with Crippen LogP contribution < -0.4 is 15.4 Å². The molecule has 9 nitrogen and oxygen atoms in total. The van der Waals surface area contributed by atoms with Gasteiger partial charge in [0, 0.05) is 30.5 Å². The number of benzene rings is 1. The van der Waals surface area contributed by atoms with Crippen LogP contribution in [0.1, 0.15) is 39.2 Å². The molecule has 2 bridgehead atoms. The van der Waals surface area contributed by atoms with E-state index in [4.69, 9.17) is 26.8 Å². The van der Waals surface area contributed by atoms with E-state index in [1.54, 1.807) is 30.6 Å². The van der Waals surface area contributed by atoms with Crippen LogP contribution in [-0.4, -0.2) is 69.5 Å². The smallest absolute Gasteiger partial charge is 0.422 e. The summed E-state index contributed by atoms with van der Waals surface area (Å²) >= 11 is 6.01. The van der Waals surface area contributed by atoms with E-state index < -0.39 is 69.8 Å². The molecule has 2 atom stereocenters. The fourth-order valence-corrected chi connectivity index (χ4v) is 5.68. The molecule has 5 rings (SSSR count).